The average molecular weight is 385 g/mol. The van der Waals surface area contributed by atoms with Gasteiger partial charge in [0, 0.05) is 43.2 Å². The van der Waals surface area contributed by atoms with Crippen molar-refractivity contribution in [2.45, 2.75) is 19.2 Å². The molecule has 0 aliphatic carbocycles. The summed E-state index contributed by atoms with van der Waals surface area (Å²) in [6.07, 6.45) is 0. The van der Waals surface area contributed by atoms with E-state index in [2.05, 4.69) is 47.5 Å². The van der Waals surface area contributed by atoms with Crippen molar-refractivity contribution >= 4 is 17.7 Å². The molecule has 5 heteroatoms. The Morgan fingerprint density at radius 1 is 1.11 bits per heavy atom. The second-order valence-corrected chi connectivity index (χ2v) is 7.99. The van der Waals surface area contributed by atoms with Crippen LogP contribution in [0.25, 0.3) is 0 Å². The van der Waals surface area contributed by atoms with E-state index in [-0.39, 0.29) is 5.91 Å². The number of carbonyl (C=O) groups is 1. The Labute approximate surface area is 166 Å². The predicted molar refractivity (Wildman–Crippen MR) is 112 cm³/mol. The van der Waals surface area contributed by atoms with Gasteiger partial charge >= 0.3 is 0 Å². The number of rotatable bonds is 8. The monoisotopic (exact) mass is 384 g/mol. The molecule has 2 aromatic rings. The Balaban J connectivity index is 1.40. The molecule has 1 fully saturated rings. The van der Waals surface area contributed by atoms with Crippen molar-refractivity contribution in [3.05, 3.63) is 70.8 Å². The van der Waals surface area contributed by atoms with Gasteiger partial charge in [-0.2, -0.15) is 11.8 Å². The number of ether oxygens (including phenoxy) is 1. The number of morpholine rings is 1. The zero-order chi connectivity index (χ0) is 18.9. The van der Waals surface area contributed by atoms with Crippen LogP contribution in [0, 0.1) is 6.92 Å². The molecule has 0 unspecified atom stereocenters. The van der Waals surface area contributed by atoms with Crippen molar-refractivity contribution in [2.75, 3.05) is 38.6 Å². The van der Waals surface area contributed by atoms with Crippen LogP contribution >= 0.6 is 11.8 Å². The second-order valence-electron chi connectivity index (χ2n) is 6.89. The first-order chi connectivity index (χ1) is 13.2. The quantitative estimate of drug-likeness (QED) is 0.708. The lowest BCUT2D eigenvalue weighted by molar-refractivity contribution is 0.0342. The second kappa shape index (κ2) is 10.5. The lowest BCUT2D eigenvalue weighted by atomic mass is 10.1. The summed E-state index contributed by atoms with van der Waals surface area (Å²) in [5.41, 5.74) is 4.54. The van der Waals surface area contributed by atoms with Crippen LogP contribution in [0.4, 0.5) is 0 Å². The molecular formula is C22H28N2O2S. The third kappa shape index (κ3) is 6.69. The van der Waals surface area contributed by atoms with Crippen LogP contribution in [-0.4, -0.2) is 49.4 Å². The van der Waals surface area contributed by atoms with Gasteiger partial charge in [0.15, 0.2) is 0 Å². The number of amides is 1. The molecule has 0 saturated carbocycles. The number of hydrogen-bond acceptors (Lipinski definition) is 4. The largest absolute Gasteiger partial charge is 0.379 e. The summed E-state index contributed by atoms with van der Waals surface area (Å²) in [6.45, 7) is 7.16. The van der Waals surface area contributed by atoms with Gasteiger partial charge in [-0.25, -0.2) is 0 Å². The Morgan fingerprint density at radius 2 is 1.89 bits per heavy atom. The number of nitrogens with one attached hydrogen (secondary N) is 1. The van der Waals surface area contributed by atoms with Crippen molar-refractivity contribution in [2.24, 2.45) is 0 Å². The molecule has 1 N–H and O–H groups in total. The van der Waals surface area contributed by atoms with Crippen LogP contribution in [0.1, 0.15) is 27.0 Å². The van der Waals surface area contributed by atoms with E-state index in [0.29, 0.717) is 6.54 Å². The van der Waals surface area contributed by atoms with E-state index in [1.54, 1.807) is 0 Å². The molecule has 27 heavy (non-hydrogen) atoms. The molecule has 0 spiro atoms. The normalized spacial score (nSPS) is 14.9. The molecule has 4 nitrogen and oxygen atoms in total. The Bertz CT molecular complexity index is 745. The highest BCUT2D eigenvalue weighted by Gasteiger charge is 2.12. The minimum absolute atomic E-state index is 0.00924. The lowest BCUT2D eigenvalue weighted by Crippen LogP contribution is -2.35. The number of benzene rings is 2. The van der Waals surface area contributed by atoms with Gasteiger partial charge < -0.3 is 10.1 Å². The fraction of sp³-hybridized carbons (Fsp3) is 0.409. The summed E-state index contributed by atoms with van der Waals surface area (Å²) in [4.78, 5) is 14.8. The van der Waals surface area contributed by atoms with Crippen LogP contribution in [0.5, 0.6) is 0 Å². The van der Waals surface area contributed by atoms with Gasteiger partial charge in [-0.05, 0) is 30.2 Å². The molecule has 1 aliphatic rings. The van der Waals surface area contributed by atoms with E-state index < -0.39 is 0 Å². The number of hydrogen-bond donors (Lipinski definition) is 1. The van der Waals surface area contributed by atoms with E-state index in [9.17, 15) is 4.79 Å². The highest BCUT2D eigenvalue weighted by molar-refractivity contribution is 7.98. The van der Waals surface area contributed by atoms with E-state index in [0.717, 1.165) is 49.9 Å². The Hall–Kier alpha value is -1.82. The third-order valence-corrected chi connectivity index (χ3v) is 5.61. The summed E-state index contributed by atoms with van der Waals surface area (Å²) in [5.74, 6) is 1.90. The molecular weight excluding hydrogens is 356 g/mol. The molecule has 0 radical (unpaired) electrons. The molecule has 144 valence electrons. The average Bonchev–Trinajstić information content (AvgIpc) is 2.69. The maximum Gasteiger partial charge on any atom is 0.251 e. The topological polar surface area (TPSA) is 41.6 Å². The van der Waals surface area contributed by atoms with Crippen LogP contribution < -0.4 is 5.32 Å². The molecule has 1 aliphatic heterocycles. The summed E-state index contributed by atoms with van der Waals surface area (Å²) >= 11 is 1.85. The summed E-state index contributed by atoms with van der Waals surface area (Å²) in [5, 5.41) is 3.03. The highest BCUT2D eigenvalue weighted by Crippen LogP contribution is 2.13. The fourth-order valence-electron chi connectivity index (χ4n) is 3.16. The van der Waals surface area contributed by atoms with Crippen LogP contribution in [-0.2, 0) is 17.0 Å². The van der Waals surface area contributed by atoms with Crippen molar-refractivity contribution < 1.29 is 9.53 Å². The van der Waals surface area contributed by atoms with Gasteiger partial charge in [0.05, 0.1) is 13.2 Å². The molecule has 0 atom stereocenters. The lowest BCUT2D eigenvalue weighted by Gasteiger charge is -2.26. The smallest absolute Gasteiger partial charge is 0.251 e. The van der Waals surface area contributed by atoms with E-state index in [1.165, 1.54) is 16.7 Å². The SMILES string of the molecule is Cc1cccc(CSCCNC(=O)c2cccc(CN3CCOCC3)c2)c1. The molecule has 0 aromatic heterocycles. The minimum Gasteiger partial charge on any atom is -0.379 e. The van der Waals surface area contributed by atoms with Crippen LogP contribution in [0.2, 0.25) is 0 Å². The maximum atomic E-state index is 12.4. The first-order valence-electron chi connectivity index (χ1n) is 9.51. The van der Waals surface area contributed by atoms with Crippen LogP contribution in [0.3, 0.4) is 0 Å². The highest BCUT2D eigenvalue weighted by atomic mass is 32.2. The first-order valence-corrected chi connectivity index (χ1v) is 10.7. The van der Waals surface area contributed by atoms with Gasteiger partial charge in [-0.3, -0.25) is 9.69 Å². The van der Waals surface area contributed by atoms with Gasteiger partial charge in [-0.15, -0.1) is 0 Å². The fourth-order valence-corrected chi connectivity index (χ4v) is 3.97. The van der Waals surface area contributed by atoms with E-state index in [1.807, 2.05) is 30.0 Å². The van der Waals surface area contributed by atoms with Crippen molar-refractivity contribution in [1.29, 1.82) is 0 Å². The summed E-state index contributed by atoms with van der Waals surface area (Å²) < 4.78 is 5.39. The molecule has 3 rings (SSSR count). The maximum absolute atomic E-state index is 12.4. The summed E-state index contributed by atoms with van der Waals surface area (Å²) in [6, 6.07) is 16.5. The summed E-state index contributed by atoms with van der Waals surface area (Å²) in [7, 11) is 0. The Morgan fingerprint density at radius 3 is 2.70 bits per heavy atom. The van der Waals surface area contributed by atoms with E-state index >= 15 is 0 Å². The van der Waals surface area contributed by atoms with Crippen molar-refractivity contribution in [1.82, 2.24) is 10.2 Å². The van der Waals surface area contributed by atoms with Gasteiger partial charge in [0.2, 0.25) is 0 Å². The minimum atomic E-state index is 0.00924. The van der Waals surface area contributed by atoms with Crippen molar-refractivity contribution in [3.63, 3.8) is 0 Å². The van der Waals surface area contributed by atoms with Crippen molar-refractivity contribution in [3.8, 4) is 0 Å². The Kier molecular flexibility index (Phi) is 7.75. The molecule has 2 aromatic carbocycles. The first kappa shape index (κ1) is 19.9. The third-order valence-electron chi connectivity index (χ3n) is 4.58. The number of nitrogens with zero attached hydrogens (tertiary/aromatic N) is 1. The van der Waals surface area contributed by atoms with Crippen LogP contribution in [0.15, 0.2) is 48.5 Å². The van der Waals surface area contributed by atoms with Gasteiger partial charge in [0.25, 0.3) is 5.91 Å². The molecule has 0 bridgehead atoms. The predicted octanol–water partition coefficient (Wildman–Crippen LogP) is 3.49. The van der Waals surface area contributed by atoms with Gasteiger partial charge in [0.1, 0.15) is 0 Å². The van der Waals surface area contributed by atoms with Gasteiger partial charge in [-0.1, -0.05) is 42.0 Å². The number of aryl methyl sites for hydroxylation is 1. The zero-order valence-electron chi connectivity index (χ0n) is 15.9. The molecule has 1 amide bonds. The van der Waals surface area contributed by atoms with E-state index in [4.69, 9.17) is 4.74 Å². The standard InChI is InChI=1S/C22H28N2O2S/c1-18-4-2-6-20(14-18)17-27-13-8-23-22(25)21-7-3-5-19(15-21)16-24-9-11-26-12-10-24/h2-7,14-15H,8-13,16-17H2,1H3,(H,23,25). The number of thioether (sulfide) groups is 1. The molecule has 1 heterocycles. The molecule has 1 saturated heterocycles. The number of carbonyl (C=O) groups excluding carboxylic acids is 1. The zero-order valence-corrected chi connectivity index (χ0v) is 16.8.